The first-order valence-corrected chi connectivity index (χ1v) is 9.90. The largest absolute Gasteiger partial charge is 0.490 e. The van der Waals surface area contributed by atoms with E-state index in [0.29, 0.717) is 21.8 Å². The van der Waals surface area contributed by atoms with Gasteiger partial charge >= 0.3 is 0 Å². The molecule has 146 valence electrons. The molecule has 0 bridgehead atoms. The van der Waals surface area contributed by atoms with Gasteiger partial charge in [-0.3, -0.25) is 9.36 Å². The van der Waals surface area contributed by atoms with Crippen molar-refractivity contribution in [1.82, 2.24) is 9.55 Å². The van der Waals surface area contributed by atoms with Gasteiger partial charge < -0.3 is 4.74 Å². The van der Waals surface area contributed by atoms with E-state index < -0.39 is 11.6 Å². The molecule has 0 N–H and O–H groups in total. The second-order valence-electron chi connectivity index (χ2n) is 6.13. The molecule has 0 aliphatic rings. The molecule has 1 aromatic heterocycles. The maximum absolute atomic E-state index is 14.4. The van der Waals surface area contributed by atoms with Gasteiger partial charge in [0.25, 0.3) is 5.56 Å². The number of hydrogen-bond donors (Lipinski definition) is 0. The highest BCUT2D eigenvalue weighted by Gasteiger charge is 2.16. The summed E-state index contributed by atoms with van der Waals surface area (Å²) in [5.74, 6) is -0.403. The van der Waals surface area contributed by atoms with Gasteiger partial charge in [-0.25, -0.2) is 13.8 Å². The molecule has 4 aromatic rings. The third kappa shape index (κ3) is 4.00. The highest BCUT2D eigenvalue weighted by atomic mass is 32.2. The van der Waals surface area contributed by atoms with Gasteiger partial charge in [-0.1, -0.05) is 48.2 Å². The lowest BCUT2D eigenvalue weighted by Crippen LogP contribution is -2.23. The van der Waals surface area contributed by atoms with Crippen molar-refractivity contribution in [3.63, 3.8) is 0 Å². The molecule has 7 heteroatoms. The van der Waals surface area contributed by atoms with Gasteiger partial charge in [0.15, 0.2) is 16.7 Å². The van der Waals surface area contributed by atoms with Crippen molar-refractivity contribution in [2.24, 2.45) is 0 Å². The van der Waals surface area contributed by atoms with Gasteiger partial charge in [0.05, 0.1) is 23.2 Å². The van der Waals surface area contributed by atoms with E-state index in [0.717, 1.165) is 0 Å². The molecular formula is C22H16F2N2O2S. The van der Waals surface area contributed by atoms with Gasteiger partial charge in [-0.2, -0.15) is 0 Å². The summed E-state index contributed by atoms with van der Waals surface area (Å²) in [5.41, 5.74) is 0.314. The SMILES string of the molecule is O=c1c2ccccc2nc(SCCOc2ccccc2F)n1-c1ccccc1F. The van der Waals surface area contributed by atoms with Crippen LogP contribution in [0, 0.1) is 11.6 Å². The summed E-state index contributed by atoms with van der Waals surface area (Å²) < 4.78 is 34.8. The van der Waals surface area contributed by atoms with Gasteiger partial charge in [0, 0.05) is 5.75 Å². The van der Waals surface area contributed by atoms with Crippen LogP contribution in [0.3, 0.4) is 0 Å². The molecule has 0 saturated heterocycles. The maximum Gasteiger partial charge on any atom is 0.266 e. The molecule has 4 rings (SSSR count). The van der Waals surface area contributed by atoms with E-state index in [1.54, 1.807) is 54.6 Å². The zero-order valence-corrected chi connectivity index (χ0v) is 16.0. The standard InChI is InChI=1S/C22H16F2N2O2S/c23-16-8-2-5-11-19(16)26-21(27)15-7-1-4-10-18(15)25-22(26)29-14-13-28-20-12-6-3-9-17(20)24/h1-12H,13-14H2. The average Bonchev–Trinajstić information content (AvgIpc) is 2.73. The molecule has 3 aromatic carbocycles. The molecular weight excluding hydrogens is 394 g/mol. The van der Waals surface area contributed by atoms with Crippen LogP contribution in [0.2, 0.25) is 0 Å². The van der Waals surface area contributed by atoms with E-state index in [9.17, 15) is 13.6 Å². The molecule has 0 unspecified atom stereocenters. The quantitative estimate of drug-likeness (QED) is 0.259. The topological polar surface area (TPSA) is 44.1 Å². The molecule has 1 heterocycles. The summed E-state index contributed by atoms with van der Waals surface area (Å²) in [4.78, 5) is 17.6. The molecule has 0 fully saturated rings. The summed E-state index contributed by atoms with van der Waals surface area (Å²) in [7, 11) is 0. The summed E-state index contributed by atoms with van der Waals surface area (Å²) >= 11 is 1.24. The Labute approximate surface area is 169 Å². The Balaban J connectivity index is 1.66. The van der Waals surface area contributed by atoms with E-state index in [1.807, 2.05) is 0 Å². The minimum atomic E-state index is -0.517. The molecule has 0 amide bonds. The second-order valence-corrected chi connectivity index (χ2v) is 7.19. The first kappa shape index (κ1) is 19.1. The number of para-hydroxylation sites is 3. The Kier molecular flexibility index (Phi) is 5.57. The zero-order valence-electron chi connectivity index (χ0n) is 15.2. The van der Waals surface area contributed by atoms with Gasteiger partial charge in [-0.15, -0.1) is 0 Å². The van der Waals surface area contributed by atoms with Gasteiger partial charge in [-0.05, 0) is 36.4 Å². The van der Waals surface area contributed by atoms with Crippen LogP contribution in [0.1, 0.15) is 0 Å². The fourth-order valence-corrected chi connectivity index (χ4v) is 3.72. The highest BCUT2D eigenvalue weighted by Crippen LogP contribution is 2.23. The summed E-state index contributed by atoms with van der Waals surface area (Å²) in [6, 6.07) is 19.1. The summed E-state index contributed by atoms with van der Waals surface area (Å²) in [6.07, 6.45) is 0. The third-order valence-electron chi connectivity index (χ3n) is 4.25. The minimum Gasteiger partial charge on any atom is -0.490 e. The number of thioether (sulfide) groups is 1. The monoisotopic (exact) mass is 410 g/mol. The van der Waals surface area contributed by atoms with Crippen LogP contribution in [0.25, 0.3) is 16.6 Å². The lowest BCUT2D eigenvalue weighted by Gasteiger charge is -2.14. The van der Waals surface area contributed by atoms with Crippen LogP contribution in [-0.2, 0) is 0 Å². The Morgan fingerprint density at radius 1 is 0.897 bits per heavy atom. The molecule has 0 aliphatic heterocycles. The molecule has 0 radical (unpaired) electrons. The van der Waals surface area contributed by atoms with Crippen molar-refractivity contribution in [1.29, 1.82) is 0 Å². The van der Waals surface area contributed by atoms with Crippen LogP contribution < -0.4 is 10.3 Å². The van der Waals surface area contributed by atoms with Crippen molar-refractivity contribution in [2.45, 2.75) is 5.16 Å². The Morgan fingerprint density at radius 2 is 1.59 bits per heavy atom. The molecule has 0 spiro atoms. The highest BCUT2D eigenvalue weighted by molar-refractivity contribution is 7.99. The van der Waals surface area contributed by atoms with Crippen molar-refractivity contribution >= 4 is 22.7 Å². The van der Waals surface area contributed by atoms with Crippen LogP contribution in [0.15, 0.2) is 82.7 Å². The molecule has 4 nitrogen and oxygen atoms in total. The Hall–Kier alpha value is -3.19. The van der Waals surface area contributed by atoms with Crippen LogP contribution in [0.4, 0.5) is 8.78 Å². The Bertz CT molecular complexity index is 1230. The normalized spacial score (nSPS) is 11.0. The second kappa shape index (κ2) is 8.45. The molecule has 0 saturated carbocycles. The number of halogens is 2. The fourth-order valence-electron chi connectivity index (χ4n) is 2.90. The number of aromatic nitrogens is 2. The number of ether oxygens (including phenoxy) is 1. The average molecular weight is 410 g/mol. The third-order valence-corrected chi connectivity index (χ3v) is 5.15. The molecule has 29 heavy (non-hydrogen) atoms. The van der Waals surface area contributed by atoms with Crippen molar-refractivity contribution in [3.8, 4) is 11.4 Å². The molecule has 0 aliphatic carbocycles. The van der Waals surface area contributed by atoms with Crippen molar-refractivity contribution in [2.75, 3.05) is 12.4 Å². The predicted molar refractivity (Wildman–Crippen MR) is 110 cm³/mol. The minimum absolute atomic E-state index is 0.133. The first-order chi connectivity index (χ1) is 14.1. The van der Waals surface area contributed by atoms with E-state index in [-0.39, 0.29) is 23.6 Å². The summed E-state index contributed by atoms with van der Waals surface area (Å²) in [6.45, 7) is 0.200. The van der Waals surface area contributed by atoms with E-state index in [4.69, 9.17) is 4.74 Å². The maximum atomic E-state index is 14.4. The van der Waals surface area contributed by atoms with Crippen molar-refractivity contribution < 1.29 is 13.5 Å². The van der Waals surface area contributed by atoms with Crippen molar-refractivity contribution in [3.05, 3.63) is 94.8 Å². The molecule has 0 atom stereocenters. The number of benzene rings is 3. The van der Waals surface area contributed by atoms with Gasteiger partial charge in [0.2, 0.25) is 0 Å². The number of hydrogen-bond acceptors (Lipinski definition) is 4. The van der Waals surface area contributed by atoms with Crippen LogP contribution in [-0.4, -0.2) is 21.9 Å². The lowest BCUT2D eigenvalue weighted by atomic mass is 10.2. The smallest absolute Gasteiger partial charge is 0.266 e. The van der Waals surface area contributed by atoms with E-state index in [2.05, 4.69) is 4.98 Å². The zero-order chi connectivity index (χ0) is 20.2. The summed E-state index contributed by atoms with van der Waals surface area (Å²) in [5, 5.41) is 0.749. The van der Waals surface area contributed by atoms with E-state index in [1.165, 1.54) is 34.5 Å². The number of nitrogens with zero attached hydrogens (tertiary/aromatic N) is 2. The Morgan fingerprint density at radius 3 is 2.38 bits per heavy atom. The fraction of sp³-hybridized carbons (Fsp3) is 0.0909. The van der Waals surface area contributed by atoms with Crippen LogP contribution >= 0.6 is 11.8 Å². The first-order valence-electron chi connectivity index (χ1n) is 8.92. The number of fused-ring (bicyclic) bond motifs is 1. The van der Waals surface area contributed by atoms with Gasteiger partial charge in [0.1, 0.15) is 5.82 Å². The van der Waals surface area contributed by atoms with E-state index >= 15 is 0 Å². The number of rotatable bonds is 6. The predicted octanol–water partition coefficient (Wildman–Crippen LogP) is 4.84. The van der Waals surface area contributed by atoms with Crippen LogP contribution in [0.5, 0.6) is 5.75 Å². The lowest BCUT2D eigenvalue weighted by molar-refractivity contribution is 0.325.